The minimum absolute atomic E-state index is 0.0329. The molecule has 0 aromatic heterocycles. The fourth-order valence-electron chi connectivity index (χ4n) is 7.19. The SMILES string of the molecule is CC(C)(C)OC(=O)C[C@H](NC(=O)CC[C@H](C(=O)OC(C)(C)C)N1CCN(CC(=O)OC(C)(C)C)CCN(CC(=O)OC(C)(C)C)CCN(CC(=O)OC(C)(C)C)CC1)C(=O)NCCOCCOCCOCCC(=O)O. The number of carboxylic acid groups (broad SMARTS) is 1. The zero-order chi connectivity index (χ0) is 57.2. The number of hydrogen-bond acceptors (Lipinski definition) is 20. The lowest BCUT2D eigenvalue weighted by atomic mass is 10.1. The molecule has 1 rings (SSSR count). The third kappa shape index (κ3) is 37.0. The van der Waals surface area contributed by atoms with Crippen molar-refractivity contribution in [1.82, 2.24) is 30.2 Å². The maximum Gasteiger partial charge on any atom is 0.323 e. The van der Waals surface area contributed by atoms with Crippen LogP contribution in [0.1, 0.15) is 130 Å². The fraction of sp³-hybridized carbons (Fsp3) is 0.846. The van der Waals surface area contributed by atoms with Gasteiger partial charge in [0, 0.05) is 65.3 Å². The van der Waals surface area contributed by atoms with Crippen molar-refractivity contribution in [3.8, 4) is 0 Å². The van der Waals surface area contributed by atoms with Gasteiger partial charge in [0.15, 0.2) is 0 Å². The standard InChI is InChI=1S/C52H94N6O17/c1-48(2,3)71-42(62)34-38(46(66)53-19-29-69-31-33-70-32-30-68-28-18-41(60)61)54-40(59)17-16-39(47(67)75-52(13,14)15)58-26-24-56(36-44(64)73-50(7,8)9)22-20-55(35-43(63)72-49(4,5)6)21-23-57(25-27-58)37-45(65)74-51(10,11)12/h38-39H,16-37H2,1-15H3,(H,53,66)(H,54,59)(H,60,61)/t38-,39+/m0/s1. The molecule has 3 N–H and O–H groups in total. The van der Waals surface area contributed by atoms with Crippen LogP contribution in [-0.2, 0) is 76.3 Å². The normalized spacial score (nSPS) is 16.3. The summed E-state index contributed by atoms with van der Waals surface area (Å²) in [5.74, 6) is -4.98. The van der Waals surface area contributed by atoms with Gasteiger partial charge in [0.25, 0.3) is 0 Å². The number of carbonyl (C=O) groups excluding carboxylic acids is 7. The van der Waals surface area contributed by atoms with E-state index in [9.17, 15) is 38.4 Å². The van der Waals surface area contributed by atoms with E-state index in [0.29, 0.717) is 26.2 Å². The summed E-state index contributed by atoms with van der Waals surface area (Å²) in [5, 5.41) is 14.0. The first-order valence-corrected chi connectivity index (χ1v) is 26.0. The number of hydrogen-bond donors (Lipinski definition) is 3. The van der Waals surface area contributed by atoms with Gasteiger partial charge >= 0.3 is 35.8 Å². The third-order valence-electron chi connectivity index (χ3n) is 10.1. The second-order valence-corrected chi connectivity index (χ2v) is 23.4. The molecule has 2 amide bonds. The quantitative estimate of drug-likeness (QED) is 0.0606. The van der Waals surface area contributed by atoms with E-state index in [1.54, 1.807) is 104 Å². The minimum atomic E-state index is -1.35. The predicted octanol–water partition coefficient (Wildman–Crippen LogP) is 2.58. The number of carbonyl (C=O) groups is 8. The molecule has 1 fully saturated rings. The summed E-state index contributed by atoms with van der Waals surface area (Å²) < 4.78 is 44.6. The Balaban J connectivity index is 3.49. The number of aliphatic carboxylic acids is 1. The highest BCUT2D eigenvalue weighted by atomic mass is 16.6. The fourth-order valence-corrected chi connectivity index (χ4v) is 7.19. The van der Waals surface area contributed by atoms with Crippen molar-refractivity contribution in [1.29, 1.82) is 0 Å². The summed E-state index contributed by atoms with van der Waals surface area (Å²) >= 11 is 0. The van der Waals surface area contributed by atoms with E-state index >= 15 is 0 Å². The number of carboxylic acids is 1. The lowest BCUT2D eigenvalue weighted by Gasteiger charge is -2.37. The Morgan fingerprint density at radius 2 is 0.827 bits per heavy atom. The molecule has 23 nitrogen and oxygen atoms in total. The Hall–Kier alpha value is -4.52. The first-order chi connectivity index (χ1) is 34.5. The smallest absolute Gasteiger partial charge is 0.323 e. The van der Waals surface area contributed by atoms with Crippen LogP contribution in [0.2, 0.25) is 0 Å². The van der Waals surface area contributed by atoms with Gasteiger partial charge in [0.05, 0.1) is 72.1 Å². The van der Waals surface area contributed by atoms with Gasteiger partial charge in [-0.15, -0.1) is 0 Å². The predicted molar refractivity (Wildman–Crippen MR) is 277 cm³/mol. The molecule has 2 atom stereocenters. The average molecular weight is 1080 g/mol. The number of esters is 5. The van der Waals surface area contributed by atoms with Crippen LogP contribution < -0.4 is 10.6 Å². The summed E-state index contributed by atoms with van der Waals surface area (Å²) in [5.41, 5.74) is -4.06. The Morgan fingerprint density at radius 1 is 0.467 bits per heavy atom. The molecule has 0 aliphatic carbocycles. The number of amides is 2. The molecule has 0 aromatic carbocycles. The summed E-state index contributed by atoms with van der Waals surface area (Å²) in [7, 11) is 0. The van der Waals surface area contributed by atoms with Crippen molar-refractivity contribution in [2.75, 3.05) is 118 Å². The summed E-state index contributed by atoms with van der Waals surface area (Å²) in [4.78, 5) is 113. The van der Waals surface area contributed by atoms with Gasteiger partial charge in [-0.25, -0.2) is 0 Å². The Bertz CT molecular complexity index is 1750. The van der Waals surface area contributed by atoms with Crippen LogP contribution >= 0.6 is 0 Å². The van der Waals surface area contributed by atoms with Crippen LogP contribution in [0.5, 0.6) is 0 Å². The lowest BCUT2D eigenvalue weighted by Crippen LogP contribution is -2.53. The van der Waals surface area contributed by atoms with Crippen molar-refractivity contribution in [3.63, 3.8) is 0 Å². The molecule has 0 aromatic rings. The zero-order valence-electron chi connectivity index (χ0n) is 48.0. The van der Waals surface area contributed by atoms with Crippen molar-refractivity contribution in [3.05, 3.63) is 0 Å². The van der Waals surface area contributed by atoms with E-state index in [2.05, 4.69) is 10.6 Å². The van der Waals surface area contributed by atoms with Gasteiger partial charge in [-0.1, -0.05) is 0 Å². The van der Waals surface area contributed by atoms with Crippen LogP contribution in [0.25, 0.3) is 0 Å². The highest BCUT2D eigenvalue weighted by Gasteiger charge is 2.34. The molecule has 0 unspecified atom stereocenters. The van der Waals surface area contributed by atoms with Gasteiger partial charge in [0.1, 0.15) is 40.1 Å². The Labute approximate surface area is 445 Å². The van der Waals surface area contributed by atoms with E-state index in [-0.39, 0.29) is 111 Å². The van der Waals surface area contributed by atoms with Crippen molar-refractivity contribution in [2.45, 2.75) is 170 Å². The topological polar surface area (TPSA) is 268 Å². The second-order valence-electron chi connectivity index (χ2n) is 23.4. The van der Waals surface area contributed by atoms with E-state index in [0.717, 1.165) is 0 Å². The highest BCUT2D eigenvalue weighted by Crippen LogP contribution is 2.18. The van der Waals surface area contributed by atoms with Crippen LogP contribution in [0.3, 0.4) is 0 Å². The summed E-state index contributed by atoms with van der Waals surface area (Å²) in [6.07, 6.45) is -0.966. The molecule has 23 heteroatoms. The van der Waals surface area contributed by atoms with Crippen LogP contribution in [0, 0.1) is 0 Å². The molecule has 0 radical (unpaired) electrons. The number of nitrogens with one attached hydrogen (secondary N) is 2. The third-order valence-corrected chi connectivity index (χ3v) is 10.1. The minimum Gasteiger partial charge on any atom is -0.481 e. The van der Waals surface area contributed by atoms with Crippen LogP contribution in [-0.4, -0.2) is 231 Å². The molecular formula is C52H94N6O17. The molecule has 75 heavy (non-hydrogen) atoms. The summed E-state index contributed by atoms with van der Waals surface area (Å²) in [6.45, 7) is 29.1. The van der Waals surface area contributed by atoms with Gasteiger partial charge in [-0.3, -0.25) is 58.0 Å². The van der Waals surface area contributed by atoms with E-state index in [4.69, 9.17) is 43.0 Å². The van der Waals surface area contributed by atoms with Crippen molar-refractivity contribution >= 4 is 47.6 Å². The molecule has 1 aliphatic heterocycles. The average Bonchev–Trinajstić information content (AvgIpc) is 3.20. The molecule has 1 saturated heterocycles. The summed E-state index contributed by atoms with van der Waals surface area (Å²) in [6, 6.07) is -2.40. The molecule has 0 saturated carbocycles. The first-order valence-electron chi connectivity index (χ1n) is 26.0. The van der Waals surface area contributed by atoms with Crippen molar-refractivity contribution < 1.29 is 81.4 Å². The van der Waals surface area contributed by atoms with Crippen molar-refractivity contribution in [2.24, 2.45) is 0 Å². The molecule has 434 valence electrons. The van der Waals surface area contributed by atoms with E-state index in [1.807, 2.05) is 19.6 Å². The largest absolute Gasteiger partial charge is 0.481 e. The number of ether oxygens (including phenoxy) is 8. The lowest BCUT2D eigenvalue weighted by molar-refractivity contribution is -0.163. The van der Waals surface area contributed by atoms with Gasteiger partial charge in [0.2, 0.25) is 11.8 Å². The molecular weight excluding hydrogens is 981 g/mol. The molecule has 0 spiro atoms. The Kier molecular flexibility index (Phi) is 30.1. The van der Waals surface area contributed by atoms with Gasteiger partial charge in [-0.05, 0) is 110 Å². The van der Waals surface area contributed by atoms with Gasteiger partial charge in [-0.2, -0.15) is 0 Å². The number of nitrogens with zero attached hydrogens (tertiary/aromatic N) is 4. The molecule has 0 bridgehead atoms. The van der Waals surface area contributed by atoms with Crippen LogP contribution in [0.15, 0.2) is 0 Å². The van der Waals surface area contributed by atoms with Crippen LogP contribution in [0.4, 0.5) is 0 Å². The number of rotatable bonds is 27. The maximum atomic E-state index is 14.3. The zero-order valence-corrected chi connectivity index (χ0v) is 48.0. The maximum absolute atomic E-state index is 14.3. The first kappa shape index (κ1) is 68.5. The molecule has 1 aliphatic rings. The van der Waals surface area contributed by atoms with Gasteiger partial charge < -0.3 is 53.6 Å². The molecule has 1 heterocycles. The Morgan fingerprint density at radius 3 is 1.21 bits per heavy atom. The van der Waals surface area contributed by atoms with E-state index < -0.39 is 94.1 Å². The second kappa shape index (κ2) is 32.9. The van der Waals surface area contributed by atoms with E-state index in [1.165, 1.54) is 0 Å². The monoisotopic (exact) mass is 1070 g/mol. The highest BCUT2D eigenvalue weighted by molar-refractivity contribution is 5.91.